The van der Waals surface area contributed by atoms with Crippen LogP contribution in [0.15, 0.2) is 26.1 Å². The van der Waals surface area contributed by atoms with Gasteiger partial charge in [0.2, 0.25) is 11.7 Å². The molecule has 9 N–H and O–H groups in total. The Kier molecular flexibility index (Phi) is 7.89. The van der Waals surface area contributed by atoms with E-state index in [1.807, 2.05) is 0 Å². The average Bonchev–Trinajstić information content (AvgIpc) is 3.09. The zero-order valence-corrected chi connectivity index (χ0v) is 28.1. The number of phenols is 3. The third kappa shape index (κ3) is 4.53. The molecule has 0 amide bonds. The smallest absolute Gasteiger partial charge is 0.229 e. The Hall–Kier alpha value is -4.36. The zero-order chi connectivity index (χ0) is 37.4. The molecule has 8 rings (SSSR count). The summed E-state index contributed by atoms with van der Waals surface area (Å²) in [7, 11) is 0. The van der Waals surface area contributed by atoms with Crippen molar-refractivity contribution in [3.63, 3.8) is 0 Å². The molecule has 1 saturated heterocycles. The normalized spacial score (nSPS) is 32.1. The molecule has 5 aromatic rings. The molecule has 1 fully saturated rings. The van der Waals surface area contributed by atoms with Gasteiger partial charge in [-0.25, -0.2) is 0 Å². The second-order valence-electron chi connectivity index (χ2n) is 13.8. The van der Waals surface area contributed by atoms with Crippen LogP contribution < -0.4 is 15.6 Å². The van der Waals surface area contributed by atoms with Crippen molar-refractivity contribution in [1.82, 2.24) is 0 Å². The van der Waals surface area contributed by atoms with Gasteiger partial charge in [-0.05, 0) is 27.7 Å². The largest absolute Gasteiger partial charge is 0.507 e. The first-order valence-corrected chi connectivity index (χ1v) is 16.7. The fraction of sp³-hybridized carbons (Fsp3) is 0.444. The summed E-state index contributed by atoms with van der Waals surface area (Å²) in [5, 5.41) is 98.8. The summed E-state index contributed by atoms with van der Waals surface area (Å²) in [4.78, 5) is 27.7. The Labute approximate surface area is 292 Å². The third-order valence-corrected chi connectivity index (χ3v) is 10.7. The molecule has 0 saturated carbocycles. The van der Waals surface area contributed by atoms with E-state index in [4.69, 9.17) is 23.4 Å². The van der Waals surface area contributed by atoms with Gasteiger partial charge >= 0.3 is 0 Å². The van der Waals surface area contributed by atoms with Crippen LogP contribution in [-0.4, -0.2) is 95.5 Å². The zero-order valence-electron chi connectivity index (χ0n) is 28.1. The SMILES string of the molecule is CC1OC(C)C(O)c2c1c(O)c1c(=O)cc3oc4c(=O)cc(OC5OC(CO)C(O)C(O)C5O)c5c(O)c6c(c(c54)c3c1c2O)C(O)C(C)OC6C. The van der Waals surface area contributed by atoms with Gasteiger partial charge in [0.15, 0.2) is 11.0 Å². The second kappa shape index (κ2) is 11.8. The van der Waals surface area contributed by atoms with Gasteiger partial charge in [0.25, 0.3) is 0 Å². The number of aliphatic hydroxyl groups is 6. The monoisotopic (exact) mass is 724 g/mol. The maximum Gasteiger partial charge on any atom is 0.229 e. The van der Waals surface area contributed by atoms with E-state index in [-0.39, 0.29) is 60.2 Å². The number of benzene rings is 4. The number of ether oxygens (including phenoxy) is 4. The van der Waals surface area contributed by atoms with Crippen LogP contribution in [0.5, 0.6) is 23.0 Å². The highest BCUT2D eigenvalue weighted by Crippen LogP contribution is 2.56. The van der Waals surface area contributed by atoms with Crippen molar-refractivity contribution in [3.8, 4) is 23.0 Å². The molecule has 52 heavy (non-hydrogen) atoms. The van der Waals surface area contributed by atoms with E-state index in [0.29, 0.717) is 0 Å². The standard InChI is InChI=1S/C36H36O16/c1-8-17-23(27(40)10(3)48-8)22-20-14(5-12(38)19-24(20)32(45)26-18(30(19)43)9(2)49-11(4)28(26)41)50-35-13(39)6-15(21(25(22)35)31(17)44)51-36-34(47)33(46)29(42)16(7-37)52-36/h5-6,8-11,16,27-29,33-34,36-37,40-47H,7H2,1-4H3. The molecule has 16 nitrogen and oxygen atoms in total. The molecule has 16 heteroatoms. The first kappa shape index (κ1) is 34.7. The number of hydrogen-bond donors (Lipinski definition) is 9. The third-order valence-electron chi connectivity index (χ3n) is 10.7. The molecule has 11 atom stereocenters. The fourth-order valence-electron chi connectivity index (χ4n) is 8.26. The molecule has 3 aliphatic heterocycles. The van der Waals surface area contributed by atoms with Gasteiger partial charge in [0.1, 0.15) is 65.2 Å². The van der Waals surface area contributed by atoms with E-state index in [2.05, 4.69) is 0 Å². The lowest BCUT2D eigenvalue weighted by molar-refractivity contribution is -0.277. The molecule has 0 aliphatic carbocycles. The van der Waals surface area contributed by atoms with Gasteiger partial charge < -0.3 is 69.3 Å². The maximum absolute atomic E-state index is 13.9. The quantitative estimate of drug-likeness (QED) is 0.0723. The molecular formula is C36H36O16. The van der Waals surface area contributed by atoms with Gasteiger partial charge in [0, 0.05) is 55.9 Å². The van der Waals surface area contributed by atoms with E-state index in [1.54, 1.807) is 27.7 Å². The van der Waals surface area contributed by atoms with Gasteiger partial charge in [-0.3, -0.25) is 9.59 Å². The van der Waals surface area contributed by atoms with Gasteiger partial charge in [-0.15, -0.1) is 0 Å². The molecule has 0 spiro atoms. The van der Waals surface area contributed by atoms with E-state index < -0.39 is 113 Å². The Morgan fingerprint density at radius 3 is 1.83 bits per heavy atom. The van der Waals surface area contributed by atoms with Crippen LogP contribution in [0.1, 0.15) is 74.4 Å². The van der Waals surface area contributed by atoms with Crippen LogP contribution in [0.3, 0.4) is 0 Å². The number of rotatable bonds is 3. The number of aromatic hydroxyl groups is 3. The lowest BCUT2D eigenvalue weighted by Crippen LogP contribution is -2.60. The molecule has 0 bridgehead atoms. The number of hydrogen-bond acceptors (Lipinski definition) is 16. The summed E-state index contributed by atoms with van der Waals surface area (Å²) in [6, 6.07) is 1.92. The summed E-state index contributed by atoms with van der Waals surface area (Å²) in [5.74, 6) is -2.11. The molecule has 4 aromatic carbocycles. The lowest BCUT2D eigenvalue weighted by Gasteiger charge is -2.39. The first-order chi connectivity index (χ1) is 24.6. The average molecular weight is 725 g/mol. The predicted octanol–water partition coefficient (Wildman–Crippen LogP) is 1.37. The van der Waals surface area contributed by atoms with Gasteiger partial charge in [-0.2, -0.15) is 0 Å². The molecule has 4 heterocycles. The van der Waals surface area contributed by atoms with Crippen molar-refractivity contribution in [3.05, 3.63) is 54.8 Å². The van der Waals surface area contributed by atoms with E-state index in [0.717, 1.165) is 12.1 Å². The second-order valence-corrected chi connectivity index (χ2v) is 13.8. The minimum atomic E-state index is -1.90. The van der Waals surface area contributed by atoms with Crippen LogP contribution >= 0.6 is 0 Å². The number of fused-ring (bicyclic) bond motifs is 7. The summed E-state index contributed by atoms with van der Waals surface area (Å²) in [6.45, 7) is 5.55. The van der Waals surface area contributed by atoms with E-state index in [1.165, 1.54) is 0 Å². The van der Waals surface area contributed by atoms with Crippen molar-refractivity contribution in [2.24, 2.45) is 0 Å². The summed E-state index contributed by atoms with van der Waals surface area (Å²) < 4.78 is 29.3. The molecule has 1 aromatic heterocycles. The Morgan fingerprint density at radius 1 is 0.615 bits per heavy atom. The predicted molar refractivity (Wildman–Crippen MR) is 180 cm³/mol. The molecule has 276 valence electrons. The molecular weight excluding hydrogens is 688 g/mol. The highest BCUT2D eigenvalue weighted by molar-refractivity contribution is 6.29. The highest BCUT2D eigenvalue weighted by Gasteiger charge is 2.46. The minimum absolute atomic E-state index is 0.00426. The van der Waals surface area contributed by atoms with E-state index in [9.17, 15) is 55.5 Å². The van der Waals surface area contributed by atoms with Crippen LogP contribution in [0.2, 0.25) is 0 Å². The topological polar surface area (TPSA) is 266 Å². The van der Waals surface area contributed by atoms with Crippen LogP contribution in [0.25, 0.3) is 43.5 Å². The van der Waals surface area contributed by atoms with Crippen LogP contribution in [0.4, 0.5) is 0 Å². The Balaban J connectivity index is 1.57. The molecule has 0 radical (unpaired) electrons. The fourth-order valence-corrected chi connectivity index (χ4v) is 8.26. The number of phenolic OH excluding ortho intramolecular Hbond substituents is 3. The highest BCUT2D eigenvalue weighted by atomic mass is 16.7. The summed E-state index contributed by atoms with van der Waals surface area (Å²) >= 11 is 0. The lowest BCUT2D eigenvalue weighted by atomic mass is 9.82. The number of aliphatic hydroxyl groups excluding tert-OH is 6. The van der Waals surface area contributed by atoms with Crippen molar-refractivity contribution in [2.75, 3.05) is 6.61 Å². The van der Waals surface area contributed by atoms with Crippen molar-refractivity contribution in [1.29, 1.82) is 0 Å². The summed E-state index contributed by atoms with van der Waals surface area (Å²) in [6.07, 6.45) is -15.1. The van der Waals surface area contributed by atoms with Gasteiger partial charge in [-0.1, -0.05) is 0 Å². The van der Waals surface area contributed by atoms with Gasteiger partial charge in [0.05, 0.1) is 41.8 Å². The molecule has 11 unspecified atom stereocenters. The first-order valence-electron chi connectivity index (χ1n) is 16.7. The Morgan fingerprint density at radius 2 is 1.19 bits per heavy atom. The minimum Gasteiger partial charge on any atom is -0.507 e. The van der Waals surface area contributed by atoms with Crippen LogP contribution in [-0.2, 0) is 14.2 Å². The summed E-state index contributed by atoms with van der Waals surface area (Å²) in [5.41, 5.74) is -2.35. The van der Waals surface area contributed by atoms with Crippen molar-refractivity contribution in [2.45, 2.75) is 95.0 Å². The molecule has 3 aliphatic rings. The van der Waals surface area contributed by atoms with Crippen LogP contribution in [0, 0.1) is 0 Å². The van der Waals surface area contributed by atoms with Crippen molar-refractivity contribution >= 4 is 43.5 Å². The Bertz CT molecular complexity index is 2420. The van der Waals surface area contributed by atoms with Crippen molar-refractivity contribution < 1.29 is 69.3 Å². The maximum atomic E-state index is 13.9. The van der Waals surface area contributed by atoms with E-state index >= 15 is 0 Å².